The molecule has 43 heavy (non-hydrogen) atoms. The summed E-state index contributed by atoms with van der Waals surface area (Å²) >= 11 is -2.82. The van der Waals surface area contributed by atoms with E-state index in [1.54, 1.807) is 3.21 Å². The summed E-state index contributed by atoms with van der Waals surface area (Å²) in [6.07, 6.45) is 2.52. The topological polar surface area (TPSA) is 0 Å². The fourth-order valence-electron chi connectivity index (χ4n) is 7.49. The van der Waals surface area contributed by atoms with Crippen molar-refractivity contribution in [2.45, 2.75) is 14.2 Å². The first-order chi connectivity index (χ1) is 21.3. The molecule has 0 N–H and O–H groups in total. The molecule has 0 bridgehead atoms. The Kier molecular flexibility index (Phi) is 6.85. The molecule has 0 fully saturated rings. The minimum atomic E-state index is -2.82. The zero-order valence-corrected chi connectivity index (χ0v) is 26.7. The van der Waals surface area contributed by atoms with Gasteiger partial charge in [0.1, 0.15) is 0 Å². The fourth-order valence-corrected chi connectivity index (χ4v) is 17.9. The van der Waals surface area contributed by atoms with Gasteiger partial charge in [-0.2, -0.15) is 0 Å². The fraction of sp³-hybridized carbons (Fsp3) is 0.0714. The van der Waals surface area contributed by atoms with Gasteiger partial charge in [-0.1, -0.05) is 0 Å². The monoisotopic (exact) mass is 626 g/mol. The van der Waals surface area contributed by atoms with Gasteiger partial charge in [-0.05, 0) is 0 Å². The number of allylic oxidation sites excluding steroid dienone is 1. The molecule has 0 heterocycles. The van der Waals surface area contributed by atoms with E-state index in [0.717, 1.165) is 0 Å². The first-order valence-corrected chi connectivity index (χ1v) is 19.3. The zero-order chi connectivity index (χ0) is 28.8. The van der Waals surface area contributed by atoms with Crippen molar-refractivity contribution in [3.8, 4) is 22.3 Å². The Morgan fingerprint density at radius 3 is 1.49 bits per heavy atom. The number of benzene rings is 6. The van der Waals surface area contributed by atoms with Crippen molar-refractivity contribution in [3.63, 3.8) is 0 Å². The molecular formula is C42H32Zr. The van der Waals surface area contributed by atoms with E-state index in [9.17, 15) is 0 Å². The van der Waals surface area contributed by atoms with E-state index in [0.29, 0.717) is 7.25 Å². The van der Waals surface area contributed by atoms with Gasteiger partial charge in [0.25, 0.3) is 0 Å². The molecule has 0 aliphatic heterocycles. The van der Waals surface area contributed by atoms with E-state index >= 15 is 0 Å². The Morgan fingerprint density at radius 1 is 0.442 bits per heavy atom. The Labute approximate surface area is 262 Å². The van der Waals surface area contributed by atoms with Crippen LogP contribution in [0.15, 0.2) is 163 Å². The summed E-state index contributed by atoms with van der Waals surface area (Å²) in [5.41, 5.74) is 15.7. The van der Waals surface area contributed by atoms with Gasteiger partial charge < -0.3 is 0 Å². The van der Waals surface area contributed by atoms with Crippen LogP contribution in [0.5, 0.6) is 0 Å². The normalized spacial score (nSPS) is 14.9. The Morgan fingerprint density at radius 2 is 0.907 bits per heavy atom. The second-order valence-electron chi connectivity index (χ2n) is 11.7. The molecule has 2 aliphatic carbocycles. The molecule has 0 aromatic heterocycles. The predicted octanol–water partition coefficient (Wildman–Crippen LogP) is 10.5. The summed E-state index contributed by atoms with van der Waals surface area (Å²) in [4.78, 5) is 0. The first-order valence-electron chi connectivity index (χ1n) is 15.2. The molecule has 1 heteroatoms. The van der Waals surface area contributed by atoms with Gasteiger partial charge in [0, 0.05) is 0 Å². The predicted molar refractivity (Wildman–Crippen MR) is 178 cm³/mol. The summed E-state index contributed by atoms with van der Waals surface area (Å²) in [5.74, 6) is 0. The van der Waals surface area contributed by atoms with Crippen molar-refractivity contribution in [3.05, 3.63) is 197 Å². The zero-order valence-electron chi connectivity index (χ0n) is 24.2. The molecule has 6 aromatic carbocycles. The number of fused-ring (bicyclic) bond motifs is 4. The van der Waals surface area contributed by atoms with Crippen molar-refractivity contribution in [2.75, 3.05) is 0 Å². The van der Waals surface area contributed by atoms with Crippen molar-refractivity contribution in [1.82, 2.24) is 0 Å². The van der Waals surface area contributed by atoms with Crippen molar-refractivity contribution < 1.29 is 21.3 Å². The maximum absolute atomic E-state index is 2.82. The average molecular weight is 628 g/mol. The second kappa shape index (κ2) is 11.1. The van der Waals surface area contributed by atoms with E-state index in [1.165, 1.54) is 61.2 Å². The minimum absolute atomic E-state index is 0.407. The van der Waals surface area contributed by atoms with E-state index in [1.807, 2.05) is 0 Å². The van der Waals surface area contributed by atoms with Crippen LogP contribution in [0.3, 0.4) is 0 Å². The van der Waals surface area contributed by atoms with E-state index in [2.05, 4.69) is 171 Å². The average Bonchev–Trinajstić information content (AvgIpc) is 3.59. The molecule has 0 amide bonds. The van der Waals surface area contributed by atoms with E-state index < -0.39 is 21.3 Å². The van der Waals surface area contributed by atoms with Crippen molar-refractivity contribution in [2.24, 2.45) is 0 Å². The number of hydrogen-bond donors (Lipinski definition) is 0. The molecule has 1 atom stereocenters. The van der Waals surface area contributed by atoms with Gasteiger partial charge in [0.15, 0.2) is 0 Å². The summed E-state index contributed by atoms with van der Waals surface area (Å²) in [7, 11) is 0. The molecular weight excluding hydrogens is 596 g/mol. The molecule has 0 saturated heterocycles. The van der Waals surface area contributed by atoms with Crippen LogP contribution in [-0.4, -0.2) is 3.21 Å². The van der Waals surface area contributed by atoms with E-state index in [4.69, 9.17) is 0 Å². The number of hydrogen-bond acceptors (Lipinski definition) is 0. The SMILES string of the molecule is CC1=Cc2c(-c3ccccc3)cccc2[CH]1[Zr](=[C](c1ccccc1)c1ccccc1)[CH]1c2ccccc2-c2ccccc21. The van der Waals surface area contributed by atoms with Crippen LogP contribution in [0.4, 0.5) is 0 Å². The van der Waals surface area contributed by atoms with Gasteiger partial charge in [-0.25, -0.2) is 0 Å². The molecule has 0 nitrogen and oxygen atoms in total. The molecule has 0 radical (unpaired) electrons. The second-order valence-corrected chi connectivity index (χ2v) is 18.0. The molecule has 8 rings (SSSR count). The Bertz CT molecular complexity index is 1930. The third kappa shape index (κ3) is 4.50. The summed E-state index contributed by atoms with van der Waals surface area (Å²) in [6.45, 7) is 2.40. The summed E-state index contributed by atoms with van der Waals surface area (Å²) in [6, 6.07) is 59.0. The van der Waals surface area contributed by atoms with Crippen LogP contribution in [0, 0.1) is 0 Å². The van der Waals surface area contributed by atoms with Crippen LogP contribution in [-0.2, 0) is 21.3 Å². The molecule has 0 spiro atoms. The van der Waals surface area contributed by atoms with Crippen LogP contribution < -0.4 is 0 Å². The van der Waals surface area contributed by atoms with E-state index in [-0.39, 0.29) is 0 Å². The third-order valence-electron chi connectivity index (χ3n) is 9.23. The molecule has 6 aromatic rings. The van der Waals surface area contributed by atoms with Gasteiger partial charge in [-0.3, -0.25) is 0 Å². The van der Waals surface area contributed by atoms with Crippen molar-refractivity contribution >= 4 is 9.28 Å². The number of rotatable bonds is 5. The summed E-state index contributed by atoms with van der Waals surface area (Å²) in [5, 5.41) is 0. The molecule has 1 unspecified atom stereocenters. The van der Waals surface area contributed by atoms with Crippen LogP contribution >= 0.6 is 0 Å². The Hall–Kier alpha value is -4.19. The van der Waals surface area contributed by atoms with Gasteiger partial charge in [0.05, 0.1) is 0 Å². The molecule has 2 aliphatic rings. The van der Waals surface area contributed by atoms with Crippen LogP contribution in [0.25, 0.3) is 28.3 Å². The van der Waals surface area contributed by atoms with Gasteiger partial charge >= 0.3 is 264 Å². The van der Waals surface area contributed by atoms with Gasteiger partial charge in [-0.15, -0.1) is 0 Å². The van der Waals surface area contributed by atoms with Crippen LogP contribution in [0.2, 0.25) is 0 Å². The first kappa shape index (κ1) is 26.4. The standard InChI is InChI=1S/C16H13.C13H9.C13H10.Zr/c1-12-10-14-8-5-9-15(16(14)11-12)13-6-3-2-4-7-13;1-3-7-12-10(5-1)9-11-6-2-4-8-13(11)12;1-3-7-12(8-4-1)11-13-9-5-2-6-10-13;/h2-11H,1H3;1-9H;1-10H;. The molecule has 204 valence electrons. The third-order valence-corrected chi connectivity index (χ3v) is 18.5. The molecule has 0 saturated carbocycles. The van der Waals surface area contributed by atoms with Crippen LogP contribution in [0.1, 0.15) is 47.6 Å². The quantitative estimate of drug-likeness (QED) is 0.178. The Balaban J connectivity index is 1.48. The maximum atomic E-state index is 2.52. The summed E-state index contributed by atoms with van der Waals surface area (Å²) < 4.78 is 2.43. The van der Waals surface area contributed by atoms with Crippen molar-refractivity contribution in [1.29, 1.82) is 0 Å². The van der Waals surface area contributed by atoms with Gasteiger partial charge in [0.2, 0.25) is 0 Å².